The molecule has 5 heterocycles. The first-order valence-corrected chi connectivity index (χ1v) is 15.2. The van der Waals surface area contributed by atoms with Crippen molar-refractivity contribution in [3.63, 3.8) is 0 Å². The van der Waals surface area contributed by atoms with Gasteiger partial charge in [-0.3, -0.25) is 9.78 Å². The fourth-order valence-corrected chi connectivity index (χ4v) is 6.50. The maximum Gasteiger partial charge on any atom is 0.355 e. The van der Waals surface area contributed by atoms with E-state index in [4.69, 9.17) is 21.3 Å². The summed E-state index contributed by atoms with van der Waals surface area (Å²) in [6, 6.07) is 8.00. The third-order valence-electron chi connectivity index (χ3n) is 8.38. The van der Waals surface area contributed by atoms with E-state index in [1.165, 1.54) is 16.7 Å². The number of carbonyl (C=O) groups is 1. The number of pyridine rings is 2. The number of fused-ring (bicyclic) bond motifs is 5. The lowest BCUT2D eigenvalue weighted by atomic mass is 10.0. The van der Waals surface area contributed by atoms with Crippen LogP contribution in [0.15, 0.2) is 54.0 Å². The van der Waals surface area contributed by atoms with Crippen molar-refractivity contribution in [3.8, 4) is 22.7 Å². The smallest absolute Gasteiger partial charge is 0.355 e. The Morgan fingerprint density at radius 2 is 1.98 bits per heavy atom. The lowest BCUT2D eigenvalue weighted by Gasteiger charge is -2.44. The van der Waals surface area contributed by atoms with Crippen molar-refractivity contribution in [2.75, 3.05) is 24.6 Å². The number of carbonyl (C=O) groups excluding carboxylic acids is 1. The molecule has 2 aliphatic rings. The molecule has 3 aromatic heterocycles. The molecule has 11 heteroatoms. The van der Waals surface area contributed by atoms with Crippen molar-refractivity contribution in [3.05, 3.63) is 81.8 Å². The number of nitrogens with zero attached hydrogens (tertiary/aromatic N) is 6. The Bertz CT molecular complexity index is 1860. The van der Waals surface area contributed by atoms with Crippen molar-refractivity contribution < 1.29 is 13.9 Å². The third kappa shape index (κ3) is 5.00. The van der Waals surface area contributed by atoms with Crippen LogP contribution in [0.25, 0.3) is 28.0 Å². The molecule has 2 bridgehead atoms. The van der Waals surface area contributed by atoms with E-state index in [9.17, 15) is 9.59 Å². The predicted octanol–water partition coefficient (Wildman–Crippen LogP) is 5.70. The molecule has 0 spiro atoms. The van der Waals surface area contributed by atoms with Crippen LogP contribution >= 0.6 is 11.6 Å². The minimum absolute atomic E-state index is 0.0247. The Morgan fingerprint density at radius 3 is 2.73 bits per heavy atom. The molecule has 1 fully saturated rings. The molecule has 0 N–H and O–H groups in total. The second kappa shape index (κ2) is 11.6. The van der Waals surface area contributed by atoms with Crippen LogP contribution in [0.4, 0.5) is 10.2 Å². The topological polar surface area (TPSA) is 93.5 Å². The van der Waals surface area contributed by atoms with E-state index in [0.29, 0.717) is 66.4 Å². The number of ether oxygens (including phenoxy) is 1. The standard InChI is InChI=1S/C33H34ClFN6O3/c1-6-26(42)39-16-20(5)40(17-19(39)4)31-22-15-24(35)29-27-23(34)10-7-11-25(27)44-14-8-9-21-12-13-36-28(18(2)3)30(21)41(32(22)37-29)33(43)38-31/h6-7,10-13,15,18-20H,1,8-9,14,16-17H2,2-5H3/t19-,20+/m1/s1. The van der Waals surface area contributed by atoms with E-state index in [1.807, 2.05) is 38.7 Å². The van der Waals surface area contributed by atoms with Gasteiger partial charge in [0.1, 0.15) is 17.3 Å². The zero-order valence-corrected chi connectivity index (χ0v) is 25.9. The Hall–Kier alpha value is -4.31. The summed E-state index contributed by atoms with van der Waals surface area (Å²) >= 11 is 6.65. The van der Waals surface area contributed by atoms with Gasteiger partial charge in [0.15, 0.2) is 11.5 Å². The summed E-state index contributed by atoms with van der Waals surface area (Å²) in [6.07, 6.45) is 4.28. The van der Waals surface area contributed by atoms with Gasteiger partial charge in [-0.05, 0) is 68.5 Å². The lowest BCUT2D eigenvalue weighted by Crippen LogP contribution is -2.58. The van der Waals surface area contributed by atoms with Gasteiger partial charge in [0.05, 0.1) is 34.0 Å². The van der Waals surface area contributed by atoms with E-state index < -0.39 is 11.5 Å². The summed E-state index contributed by atoms with van der Waals surface area (Å²) in [5.41, 5.74) is 2.19. The van der Waals surface area contributed by atoms with Gasteiger partial charge >= 0.3 is 5.69 Å². The van der Waals surface area contributed by atoms with E-state index in [2.05, 4.69) is 16.5 Å². The molecule has 9 nitrogen and oxygen atoms in total. The number of hydrogen-bond acceptors (Lipinski definition) is 7. The van der Waals surface area contributed by atoms with Gasteiger partial charge in [0.2, 0.25) is 5.91 Å². The molecule has 0 aliphatic carbocycles. The number of anilines is 1. The number of benzene rings is 1. The number of aromatic nitrogens is 4. The van der Waals surface area contributed by atoms with Crippen LogP contribution < -0.4 is 15.3 Å². The maximum absolute atomic E-state index is 16.3. The summed E-state index contributed by atoms with van der Waals surface area (Å²) in [5.74, 6) is -0.0995. The Morgan fingerprint density at radius 1 is 1.18 bits per heavy atom. The number of hydrogen-bond donors (Lipinski definition) is 0. The highest BCUT2D eigenvalue weighted by atomic mass is 35.5. The average molecular weight is 617 g/mol. The molecule has 228 valence electrons. The molecule has 1 saturated heterocycles. The lowest BCUT2D eigenvalue weighted by molar-refractivity contribution is -0.128. The van der Waals surface area contributed by atoms with E-state index in [0.717, 1.165) is 5.56 Å². The highest BCUT2D eigenvalue weighted by molar-refractivity contribution is 6.33. The van der Waals surface area contributed by atoms with E-state index >= 15 is 4.39 Å². The summed E-state index contributed by atoms with van der Waals surface area (Å²) in [4.78, 5) is 44.6. The largest absolute Gasteiger partial charge is 0.493 e. The molecular formula is C33H34ClFN6O3. The SMILES string of the molecule is C=CC(=O)N1C[C@H](C)N(c2nc(=O)n3c4nc(c(F)cc24)-c2c(Cl)cccc2OCCCc2ccnc(C(C)C)c2-3)C[C@H]1C. The highest BCUT2D eigenvalue weighted by Gasteiger charge is 2.34. The van der Waals surface area contributed by atoms with Crippen LogP contribution in [-0.2, 0) is 11.2 Å². The van der Waals surface area contributed by atoms with Gasteiger partial charge in [-0.2, -0.15) is 4.98 Å². The van der Waals surface area contributed by atoms with Gasteiger partial charge in [0.25, 0.3) is 0 Å². The van der Waals surface area contributed by atoms with Crippen molar-refractivity contribution in [1.82, 2.24) is 24.4 Å². The van der Waals surface area contributed by atoms with Crippen LogP contribution in [0.1, 0.15) is 51.3 Å². The number of piperazine rings is 1. The quantitative estimate of drug-likeness (QED) is 0.273. The molecule has 0 saturated carbocycles. The molecule has 4 aromatic rings. The zero-order valence-electron chi connectivity index (χ0n) is 25.2. The summed E-state index contributed by atoms with van der Waals surface area (Å²) < 4.78 is 23.9. The van der Waals surface area contributed by atoms with Crippen molar-refractivity contribution in [1.29, 1.82) is 0 Å². The van der Waals surface area contributed by atoms with Crippen LogP contribution in [0, 0.1) is 5.82 Å². The molecule has 1 amide bonds. The number of halogens is 2. The zero-order chi connectivity index (χ0) is 31.3. The Kier molecular flexibility index (Phi) is 7.88. The first-order valence-electron chi connectivity index (χ1n) is 14.8. The average Bonchev–Trinajstić information content (AvgIpc) is 2.99. The minimum Gasteiger partial charge on any atom is -0.493 e. The monoisotopic (exact) mass is 616 g/mol. The predicted molar refractivity (Wildman–Crippen MR) is 169 cm³/mol. The Labute approximate surface area is 260 Å². The fraction of sp³-hybridized carbons (Fsp3) is 0.364. The van der Waals surface area contributed by atoms with Crippen LogP contribution in [0.3, 0.4) is 0 Å². The molecule has 2 atom stereocenters. The van der Waals surface area contributed by atoms with Crippen molar-refractivity contribution in [2.45, 2.75) is 58.5 Å². The van der Waals surface area contributed by atoms with E-state index in [1.54, 1.807) is 29.3 Å². The second-order valence-corrected chi connectivity index (χ2v) is 12.1. The summed E-state index contributed by atoms with van der Waals surface area (Å²) in [7, 11) is 0. The van der Waals surface area contributed by atoms with Crippen molar-refractivity contribution >= 4 is 34.4 Å². The van der Waals surface area contributed by atoms with Gasteiger partial charge in [-0.15, -0.1) is 0 Å². The van der Waals surface area contributed by atoms with E-state index in [-0.39, 0.29) is 40.3 Å². The highest BCUT2D eigenvalue weighted by Crippen LogP contribution is 2.40. The molecular weight excluding hydrogens is 583 g/mol. The summed E-state index contributed by atoms with van der Waals surface area (Å²) in [5, 5.41) is 0.647. The molecule has 6 rings (SSSR count). The van der Waals surface area contributed by atoms with Crippen molar-refractivity contribution in [2.24, 2.45) is 0 Å². The minimum atomic E-state index is -0.627. The molecule has 0 radical (unpaired) electrons. The van der Waals surface area contributed by atoms with Crippen LogP contribution in [-0.4, -0.2) is 62.1 Å². The summed E-state index contributed by atoms with van der Waals surface area (Å²) in [6.45, 7) is 12.6. The first-order chi connectivity index (χ1) is 21.1. The van der Waals surface area contributed by atoms with Gasteiger partial charge < -0.3 is 14.5 Å². The fourth-order valence-electron chi connectivity index (χ4n) is 6.24. The number of rotatable bonds is 3. The molecule has 0 unspecified atom stereocenters. The van der Waals surface area contributed by atoms with Gasteiger partial charge in [-0.25, -0.2) is 18.7 Å². The van der Waals surface area contributed by atoms with Gasteiger partial charge in [0, 0.05) is 31.4 Å². The normalized spacial score (nSPS) is 18.3. The second-order valence-electron chi connectivity index (χ2n) is 11.7. The number of aryl methyl sites for hydroxylation is 1. The van der Waals surface area contributed by atoms with Crippen LogP contribution in [0.2, 0.25) is 5.02 Å². The molecule has 1 aromatic carbocycles. The molecule has 2 aliphatic heterocycles. The first kappa shape index (κ1) is 29.7. The Balaban J connectivity index is 1.69. The number of amides is 1. The van der Waals surface area contributed by atoms with Gasteiger partial charge in [-0.1, -0.05) is 38.1 Å². The molecule has 44 heavy (non-hydrogen) atoms. The third-order valence-corrected chi connectivity index (χ3v) is 8.70. The van der Waals surface area contributed by atoms with Crippen LogP contribution in [0.5, 0.6) is 5.75 Å². The maximum atomic E-state index is 16.3.